The molecule has 100 valence electrons. The van der Waals surface area contributed by atoms with Crippen LogP contribution >= 0.6 is 27.5 Å². The average Bonchev–Trinajstić information content (AvgIpc) is 2.31. The van der Waals surface area contributed by atoms with E-state index in [1.54, 1.807) is 18.2 Å². The third-order valence-electron chi connectivity index (χ3n) is 2.81. The Morgan fingerprint density at radius 3 is 2.56 bits per heavy atom. The van der Waals surface area contributed by atoms with Crippen LogP contribution < -0.4 is 0 Å². The molecule has 0 aliphatic heterocycles. The van der Waals surface area contributed by atoms with Crippen LogP contribution in [0.25, 0.3) is 0 Å². The lowest BCUT2D eigenvalue weighted by molar-refractivity contribution is -0.152. The first-order valence-electron chi connectivity index (χ1n) is 5.59. The van der Waals surface area contributed by atoms with Gasteiger partial charge in [-0.3, -0.25) is 4.79 Å². The number of esters is 1. The minimum absolute atomic E-state index is 0.0532. The molecule has 0 amide bonds. The van der Waals surface area contributed by atoms with Gasteiger partial charge >= 0.3 is 5.97 Å². The van der Waals surface area contributed by atoms with Gasteiger partial charge in [0, 0.05) is 15.1 Å². The van der Waals surface area contributed by atoms with Crippen molar-refractivity contribution in [2.45, 2.75) is 20.0 Å². The number of aliphatic hydroxyl groups is 1. The number of carbonyl (C=O) groups is 1. The molecule has 0 heterocycles. The van der Waals surface area contributed by atoms with Crippen molar-refractivity contribution in [3.8, 4) is 0 Å². The molecular formula is C13H16BrClO3. The van der Waals surface area contributed by atoms with Gasteiger partial charge in [0.25, 0.3) is 0 Å². The van der Waals surface area contributed by atoms with Crippen molar-refractivity contribution in [2.24, 2.45) is 11.8 Å². The first kappa shape index (κ1) is 15.5. The summed E-state index contributed by atoms with van der Waals surface area (Å²) in [5, 5.41) is 10.8. The zero-order valence-electron chi connectivity index (χ0n) is 10.5. The Morgan fingerprint density at radius 2 is 2.06 bits per heavy atom. The van der Waals surface area contributed by atoms with Crippen molar-refractivity contribution in [1.29, 1.82) is 0 Å². The lowest BCUT2D eigenvalue weighted by Gasteiger charge is -2.25. The first-order chi connectivity index (χ1) is 8.38. The van der Waals surface area contributed by atoms with Gasteiger partial charge in [0.05, 0.1) is 19.1 Å². The minimum atomic E-state index is -0.984. The Morgan fingerprint density at radius 1 is 1.44 bits per heavy atom. The summed E-state index contributed by atoms with van der Waals surface area (Å²) in [5.74, 6) is -1.13. The summed E-state index contributed by atoms with van der Waals surface area (Å²) in [6, 6.07) is 5.17. The van der Waals surface area contributed by atoms with E-state index in [1.807, 2.05) is 13.8 Å². The molecular weight excluding hydrogens is 319 g/mol. The second-order valence-corrected chi connectivity index (χ2v) is 5.73. The number of methoxy groups -OCH3 is 1. The number of benzene rings is 1. The average molecular weight is 336 g/mol. The van der Waals surface area contributed by atoms with Crippen molar-refractivity contribution >= 4 is 33.5 Å². The number of hydrogen-bond acceptors (Lipinski definition) is 3. The summed E-state index contributed by atoms with van der Waals surface area (Å²) in [7, 11) is 1.31. The normalized spacial score (nSPS) is 14.4. The second kappa shape index (κ2) is 6.55. The monoisotopic (exact) mass is 334 g/mol. The molecule has 0 saturated heterocycles. The zero-order chi connectivity index (χ0) is 13.9. The summed E-state index contributed by atoms with van der Waals surface area (Å²) in [6.07, 6.45) is -0.984. The first-order valence-corrected chi connectivity index (χ1v) is 6.76. The summed E-state index contributed by atoms with van der Waals surface area (Å²) in [6.45, 7) is 3.72. The van der Waals surface area contributed by atoms with Crippen LogP contribution in [0.1, 0.15) is 25.5 Å². The molecule has 2 unspecified atom stereocenters. The molecule has 0 aliphatic carbocycles. The van der Waals surface area contributed by atoms with Crippen LogP contribution in [-0.4, -0.2) is 18.2 Å². The van der Waals surface area contributed by atoms with E-state index in [9.17, 15) is 9.90 Å². The van der Waals surface area contributed by atoms with Crippen LogP contribution in [0.4, 0.5) is 0 Å². The Hall–Kier alpha value is -0.580. The Kier molecular flexibility index (Phi) is 5.63. The molecule has 18 heavy (non-hydrogen) atoms. The van der Waals surface area contributed by atoms with E-state index in [0.29, 0.717) is 10.6 Å². The molecule has 0 aromatic heterocycles. The topological polar surface area (TPSA) is 46.5 Å². The smallest absolute Gasteiger partial charge is 0.311 e. The quantitative estimate of drug-likeness (QED) is 0.856. The highest BCUT2D eigenvalue weighted by Crippen LogP contribution is 2.34. The number of carbonyl (C=O) groups excluding carboxylic acids is 1. The third-order valence-corrected chi connectivity index (χ3v) is 3.65. The number of rotatable bonds is 4. The van der Waals surface area contributed by atoms with Crippen molar-refractivity contribution in [2.75, 3.05) is 7.11 Å². The van der Waals surface area contributed by atoms with Gasteiger partial charge in [0.1, 0.15) is 0 Å². The molecule has 1 aromatic carbocycles. The fourth-order valence-corrected chi connectivity index (χ4v) is 2.44. The van der Waals surface area contributed by atoms with E-state index in [0.717, 1.165) is 4.47 Å². The molecule has 1 rings (SSSR count). The predicted octanol–water partition coefficient (Wildman–Crippen LogP) is 3.58. The second-order valence-electron chi connectivity index (χ2n) is 4.40. The van der Waals surface area contributed by atoms with Gasteiger partial charge in [-0.2, -0.15) is 0 Å². The minimum Gasteiger partial charge on any atom is -0.469 e. The van der Waals surface area contributed by atoms with E-state index < -0.39 is 18.0 Å². The molecule has 1 N–H and O–H groups in total. The fourth-order valence-electron chi connectivity index (χ4n) is 1.84. The summed E-state index contributed by atoms with van der Waals surface area (Å²) in [5.41, 5.74) is 0.523. The summed E-state index contributed by atoms with van der Waals surface area (Å²) >= 11 is 9.37. The molecule has 0 aliphatic rings. The molecule has 0 fully saturated rings. The number of ether oxygens (including phenoxy) is 1. The highest BCUT2D eigenvalue weighted by molar-refractivity contribution is 9.10. The SMILES string of the molecule is COC(=O)C(C(C)C)C(O)c1cc(Br)ccc1Cl. The van der Waals surface area contributed by atoms with Gasteiger partial charge in [-0.1, -0.05) is 41.4 Å². The van der Waals surface area contributed by atoms with Gasteiger partial charge in [-0.05, 0) is 24.1 Å². The molecule has 0 saturated carbocycles. The maximum absolute atomic E-state index is 11.7. The summed E-state index contributed by atoms with van der Waals surface area (Å²) in [4.78, 5) is 11.7. The molecule has 1 aromatic rings. The van der Waals surface area contributed by atoms with Crippen LogP contribution in [-0.2, 0) is 9.53 Å². The number of hydrogen-bond donors (Lipinski definition) is 1. The van der Waals surface area contributed by atoms with Crippen molar-refractivity contribution in [3.63, 3.8) is 0 Å². The maximum Gasteiger partial charge on any atom is 0.311 e. The lowest BCUT2D eigenvalue weighted by atomic mass is 9.86. The van der Waals surface area contributed by atoms with Crippen LogP contribution in [0.3, 0.4) is 0 Å². The van der Waals surface area contributed by atoms with E-state index in [-0.39, 0.29) is 5.92 Å². The van der Waals surface area contributed by atoms with Crippen molar-refractivity contribution in [3.05, 3.63) is 33.3 Å². The molecule has 5 heteroatoms. The Labute approximate surface area is 120 Å². The van der Waals surface area contributed by atoms with Gasteiger partial charge in [0.2, 0.25) is 0 Å². The van der Waals surface area contributed by atoms with Crippen LogP contribution in [0.5, 0.6) is 0 Å². The van der Waals surface area contributed by atoms with Crippen LogP contribution in [0.15, 0.2) is 22.7 Å². The van der Waals surface area contributed by atoms with Gasteiger partial charge < -0.3 is 9.84 Å². The molecule has 0 bridgehead atoms. The predicted molar refractivity (Wildman–Crippen MR) is 74.5 cm³/mol. The molecule has 0 spiro atoms. The van der Waals surface area contributed by atoms with Gasteiger partial charge in [-0.15, -0.1) is 0 Å². The van der Waals surface area contributed by atoms with Crippen LogP contribution in [0.2, 0.25) is 5.02 Å². The van der Waals surface area contributed by atoms with E-state index in [4.69, 9.17) is 16.3 Å². The highest BCUT2D eigenvalue weighted by atomic mass is 79.9. The van der Waals surface area contributed by atoms with E-state index >= 15 is 0 Å². The van der Waals surface area contributed by atoms with Crippen molar-refractivity contribution < 1.29 is 14.6 Å². The fraction of sp³-hybridized carbons (Fsp3) is 0.462. The largest absolute Gasteiger partial charge is 0.469 e. The standard InChI is InChI=1S/C13H16BrClO3/c1-7(2)11(13(17)18-3)12(16)9-6-8(14)4-5-10(9)15/h4-7,11-12,16H,1-3H3. The zero-order valence-corrected chi connectivity index (χ0v) is 12.8. The Balaban J connectivity index is 3.13. The third kappa shape index (κ3) is 3.46. The number of halogens is 2. The number of aliphatic hydroxyl groups excluding tert-OH is 1. The Bertz CT molecular complexity index is 434. The summed E-state index contributed by atoms with van der Waals surface area (Å²) < 4.78 is 5.53. The van der Waals surface area contributed by atoms with Gasteiger partial charge in [0.15, 0.2) is 0 Å². The van der Waals surface area contributed by atoms with Crippen LogP contribution in [0, 0.1) is 11.8 Å². The van der Waals surface area contributed by atoms with E-state index in [1.165, 1.54) is 7.11 Å². The van der Waals surface area contributed by atoms with Gasteiger partial charge in [-0.25, -0.2) is 0 Å². The van der Waals surface area contributed by atoms with E-state index in [2.05, 4.69) is 15.9 Å². The molecule has 3 nitrogen and oxygen atoms in total. The molecule has 0 radical (unpaired) electrons. The maximum atomic E-state index is 11.7. The van der Waals surface area contributed by atoms with Crippen molar-refractivity contribution in [1.82, 2.24) is 0 Å². The lowest BCUT2D eigenvalue weighted by Crippen LogP contribution is -2.28. The molecule has 2 atom stereocenters. The highest BCUT2D eigenvalue weighted by Gasteiger charge is 2.33.